The van der Waals surface area contributed by atoms with Gasteiger partial charge in [0.2, 0.25) is 0 Å². The molecule has 1 unspecified atom stereocenters. The Morgan fingerprint density at radius 1 is 1.38 bits per heavy atom. The lowest BCUT2D eigenvalue weighted by atomic mass is 10.0. The summed E-state index contributed by atoms with van der Waals surface area (Å²) >= 11 is 9.80. The van der Waals surface area contributed by atoms with Gasteiger partial charge in [-0.15, -0.1) is 11.3 Å². The fraction of sp³-hybridized carbons (Fsp3) is 0.167. The standard InChI is InChI=1S/C12H10ClIOS/c13-10-3-1-2-8(4-10)5-11(15)9-6-12(14)16-7-9/h1-4,6-7,11,15H,5H2. The lowest BCUT2D eigenvalue weighted by Gasteiger charge is -2.08. The van der Waals surface area contributed by atoms with E-state index in [-0.39, 0.29) is 0 Å². The number of aliphatic hydroxyl groups is 1. The van der Waals surface area contributed by atoms with E-state index in [9.17, 15) is 5.11 Å². The zero-order valence-electron chi connectivity index (χ0n) is 8.36. The highest BCUT2D eigenvalue weighted by molar-refractivity contribution is 14.1. The van der Waals surface area contributed by atoms with E-state index in [1.54, 1.807) is 11.3 Å². The zero-order valence-corrected chi connectivity index (χ0v) is 12.1. The van der Waals surface area contributed by atoms with Crippen LogP contribution in [0.2, 0.25) is 5.02 Å². The van der Waals surface area contributed by atoms with Crippen molar-refractivity contribution in [1.29, 1.82) is 0 Å². The Labute approximate surface area is 117 Å². The van der Waals surface area contributed by atoms with Crippen LogP contribution in [-0.4, -0.2) is 5.11 Å². The lowest BCUT2D eigenvalue weighted by Crippen LogP contribution is -2.00. The average molecular weight is 365 g/mol. The first kappa shape index (κ1) is 12.4. The predicted octanol–water partition coefficient (Wildman–Crippen LogP) is 4.28. The Morgan fingerprint density at radius 2 is 2.19 bits per heavy atom. The van der Waals surface area contributed by atoms with Gasteiger partial charge in [0, 0.05) is 11.4 Å². The molecular formula is C12H10ClIOS. The molecule has 2 aromatic rings. The highest BCUT2D eigenvalue weighted by Crippen LogP contribution is 2.25. The topological polar surface area (TPSA) is 20.2 Å². The zero-order chi connectivity index (χ0) is 11.5. The second kappa shape index (κ2) is 5.49. The first-order valence-electron chi connectivity index (χ1n) is 4.81. The molecule has 1 aromatic heterocycles. The third-order valence-electron chi connectivity index (χ3n) is 2.29. The highest BCUT2D eigenvalue weighted by atomic mass is 127. The van der Waals surface area contributed by atoms with Gasteiger partial charge >= 0.3 is 0 Å². The van der Waals surface area contributed by atoms with Gasteiger partial charge in [0.1, 0.15) is 0 Å². The molecule has 0 fully saturated rings. The number of benzene rings is 1. The van der Waals surface area contributed by atoms with Crippen molar-refractivity contribution in [3.05, 3.63) is 54.7 Å². The number of thiophene rings is 1. The summed E-state index contributed by atoms with van der Waals surface area (Å²) in [6.45, 7) is 0. The van der Waals surface area contributed by atoms with Gasteiger partial charge in [0.25, 0.3) is 0 Å². The van der Waals surface area contributed by atoms with Crippen LogP contribution in [-0.2, 0) is 6.42 Å². The minimum absolute atomic E-state index is 0.446. The van der Waals surface area contributed by atoms with E-state index >= 15 is 0 Å². The van der Waals surface area contributed by atoms with Crippen molar-refractivity contribution in [3.63, 3.8) is 0 Å². The molecule has 0 aliphatic rings. The molecule has 4 heteroatoms. The van der Waals surface area contributed by atoms with Crippen molar-refractivity contribution < 1.29 is 5.11 Å². The molecule has 0 aliphatic heterocycles. The average Bonchev–Trinajstić information content (AvgIpc) is 2.65. The third-order valence-corrected chi connectivity index (χ3v) is 4.33. The maximum absolute atomic E-state index is 10.0. The first-order valence-corrected chi connectivity index (χ1v) is 7.15. The molecular weight excluding hydrogens is 355 g/mol. The Morgan fingerprint density at radius 3 is 2.81 bits per heavy atom. The molecule has 0 saturated carbocycles. The summed E-state index contributed by atoms with van der Waals surface area (Å²) in [7, 11) is 0. The molecule has 0 spiro atoms. The van der Waals surface area contributed by atoms with E-state index in [4.69, 9.17) is 11.6 Å². The van der Waals surface area contributed by atoms with Crippen LogP contribution in [0.4, 0.5) is 0 Å². The van der Waals surface area contributed by atoms with Gasteiger partial charge in [0.05, 0.1) is 8.99 Å². The van der Waals surface area contributed by atoms with Gasteiger partial charge in [-0.3, -0.25) is 0 Å². The SMILES string of the molecule is OC(Cc1cccc(Cl)c1)c1csc(I)c1. The molecule has 1 nitrogen and oxygen atoms in total. The van der Waals surface area contributed by atoms with Crippen LogP contribution in [0.15, 0.2) is 35.7 Å². The van der Waals surface area contributed by atoms with Crippen LogP contribution in [0.3, 0.4) is 0 Å². The smallest absolute Gasteiger partial charge is 0.0838 e. The van der Waals surface area contributed by atoms with Crippen LogP contribution >= 0.6 is 45.5 Å². The molecule has 0 aliphatic carbocycles. The Hall–Kier alpha value is -0.100. The summed E-state index contributed by atoms with van der Waals surface area (Å²) in [4.78, 5) is 0. The van der Waals surface area contributed by atoms with Gasteiger partial charge in [-0.25, -0.2) is 0 Å². The molecule has 16 heavy (non-hydrogen) atoms. The summed E-state index contributed by atoms with van der Waals surface area (Å²) in [6, 6.07) is 9.63. The van der Waals surface area contributed by atoms with Crippen LogP contribution < -0.4 is 0 Å². The molecule has 1 N–H and O–H groups in total. The number of rotatable bonds is 3. The summed E-state index contributed by atoms with van der Waals surface area (Å²) in [6.07, 6.45) is 0.158. The van der Waals surface area contributed by atoms with E-state index in [0.29, 0.717) is 11.4 Å². The van der Waals surface area contributed by atoms with E-state index in [2.05, 4.69) is 22.6 Å². The summed E-state index contributed by atoms with van der Waals surface area (Å²) in [5.41, 5.74) is 2.04. The van der Waals surface area contributed by atoms with Crippen molar-refractivity contribution in [1.82, 2.24) is 0 Å². The van der Waals surface area contributed by atoms with E-state index in [1.807, 2.05) is 35.7 Å². The van der Waals surface area contributed by atoms with Crippen LogP contribution in [0.1, 0.15) is 17.2 Å². The molecule has 0 amide bonds. The molecule has 2 rings (SSSR count). The molecule has 0 bridgehead atoms. The molecule has 1 heterocycles. The van der Waals surface area contributed by atoms with Crippen molar-refractivity contribution >= 4 is 45.5 Å². The molecule has 1 atom stereocenters. The van der Waals surface area contributed by atoms with Gasteiger partial charge in [-0.2, -0.15) is 0 Å². The normalized spacial score (nSPS) is 12.7. The number of aliphatic hydroxyl groups excluding tert-OH is 1. The quantitative estimate of drug-likeness (QED) is 0.806. The van der Waals surface area contributed by atoms with Gasteiger partial charge in [0.15, 0.2) is 0 Å². The van der Waals surface area contributed by atoms with Crippen molar-refractivity contribution in [2.75, 3.05) is 0 Å². The van der Waals surface area contributed by atoms with Crippen molar-refractivity contribution in [2.45, 2.75) is 12.5 Å². The predicted molar refractivity (Wildman–Crippen MR) is 77.2 cm³/mol. The number of hydrogen-bond donors (Lipinski definition) is 1. The summed E-state index contributed by atoms with van der Waals surface area (Å²) in [5.74, 6) is 0. The minimum Gasteiger partial charge on any atom is -0.388 e. The van der Waals surface area contributed by atoms with Crippen molar-refractivity contribution in [2.24, 2.45) is 0 Å². The highest BCUT2D eigenvalue weighted by Gasteiger charge is 2.10. The van der Waals surface area contributed by atoms with Crippen LogP contribution in [0, 0.1) is 2.88 Å². The van der Waals surface area contributed by atoms with Crippen molar-refractivity contribution in [3.8, 4) is 0 Å². The fourth-order valence-electron chi connectivity index (χ4n) is 1.50. The second-order valence-corrected chi connectivity index (χ2v) is 6.78. The maximum Gasteiger partial charge on any atom is 0.0838 e. The molecule has 84 valence electrons. The monoisotopic (exact) mass is 364 g/mol. The number of halogens is 2. The van der Waals surface area contributed by atoms with Gasteiger partial charge in [-0.1, -0.05) is 23.7 Å². The van der Waals surface area contributed by atoms with E-state index in [0.717, 1.165) is 11.1 Å². The van der Waals surface area contributed by atoms with Gasteiger partial charge < -0.3 is 5.11 Å². The summed E-state index contributed by atoms with van der Waals surface area (Å²) in [5, 5.41) is 12.7. The largest absolute Gasteiger partial charge is 0.388 e. The van der Waals surface area contributed by atoms with Crippen LogP contribution in [0.25, 0.3) is 0 Å². The Balaban J connectivity index is 2.10. The molecule has 0 saturated heterocycles. The summed E-state index contributed by atoms with van der Waals surface area (Å²) < 4.78 is 1.19. The minimum atomic E-state index is -0.446. The lowest BCUT2D eigenvalue weighted by molar-refractivity contribution is 0.179. The first-order chi connectivity index (χ1) is 7.65. The number of hydrogen-bond acceptors (Lipinski definition) is 2. The second-order valence-electron chi connectivity index (χ2n) is 3.53. The van der Waals surface area contributed by atoms with Crippen LogP contribution in [0.5, 0.6) is 0 Å². The molecule has 1 aromatic carbocycles. The maximum atomic E-state index is 10.0. The molecule has 0 radical (unpaired) electrons. The Kier molecular flexibility index (Phi) is 4.24. The van der Waals surface area contributed by atoms with E-state index < -0.39 is 6.10 Å². The van der Waals surface area contributed by atoms with Gasteiger partial charge in [-0.05, 0) is 57.3 Å². The Bertz CT molecular complexity index is 483. The third kappa shape index (κ3) is 3.20. The van der Waals surface area contributed by atoms with E-state index in [1.165, 1.54) is 2.88 Å². The fourth-order valence-corrected chi connectivity index (χ4v) is 3.13.